The maximum Gasteiger partial charge on any atom is 0.230 e. The Bertz CT molecular complexity index is 787. The van der Waals surface area contributed by atoms with Gasteiger partial charge in [-0.05, 0) is 58.6 Å². The summed E-state index contributed by atoms with van der Waals surface area (Å²) in [5.74, 6) is 1.67. The first-order valence-electron chi connectivity index (χ1n) is 8.84. The molecule has 1 unspecified atom stereocenters. The van der Waals surface area contributed by atoms with Crippen molar-refractivity contribution in [2.24, 2.45) is 5.16 Å². The summed E-state index contributed by atoms with van der Waals surface area (Å²) >= 11 is 0. The third-order valence-corrected chi connectivity index (χ3v) is 4.76. The van der Waals surface area contributed by atoms with Crippen molar-refractivity contribution in [1.82, 2.24) is 14.8 Å². The molecule has 1 aromatic carbocycles. The lowest BCUT2D eigenvalue weighted by Gasteiger charge is -2.23. The van der Waals surface area contributed by atoms with E-state index in [1.165, 1.54) is 5.56 Å². The zero-order valence-corrected chi connectivity index (χ0v) is 15.8. The summed E-state index contributed by atoms with van der Waals surface area (Å²) < 4.78 is 6.02. The number of oxime groups is 1. The average molecular weight is 354 g/mol. The molecule has 1 aromatic heterocycles. The molecule has 138 valence electrons. The van der Waals surface area contributed by atoms with E-state index in [-0.39, 0.29) is 0 Å². The maximum absolute atomic E-state index is 9.71. The summed E-state index contributed by atoms with van der Waals surface area (Å²) in [5.41, 5.74) is 2.71. The van der Waals surface area contributed by atoms with Crippen molar-refractivity contribution < 1.29 is 9.94 Å². The lowest BCUT2D eigenvalue weighted by atomic mass is 10.2. The molecule has 26 heavy (non-hydrogen) atoms. The topological polar surface area (TPSA) is 61.2 Å². The number of likely N-dealkylation sites (tertiary alicyclic amines) is 1. The van der Waals surface area contributed by atoms with Gasteiger partial charge in [0.1, 0.15) is 5.75 Å². The van der Waals surface area contributed by atoms with Gasteiger partial charge >= 0.3 is 0 Å². The number of hydrogen-bond donors (Lipinski definition) is 1. The molecule has 1 aliphatic heterocycles. The smallest absolute Gasteiger partial charge is 0.230 e. The van der Waals surface area contributed by atoms with Gasteiger partial charge in [-0.15, -0.1) is 0 Å². The first-order valence-corrected chi connectivity index (χ1v) is 8.84. The largest absolute Gasteiger partial charge is 0.438 e. The molecule has 6 heteroatoms. The summed E-state index contributed by atoms with van der Waals surface area (Å²) in [4.78, 5) is 8.82. The monoisotopic (exact) mass is 354 g/mol. The molecule has 2 heterocycles. The van der Waals surface area contributed by atoms with Crippen LogP contribution in [0, 0.1) is 13.8 Å². The summed E-state index contributed by atoms with van der Waals surface area (Å²) in [6.07, 6.45) is 1.03. The number of ether oxygens (including phenoxy) is 1. The van der Waals surface area contributed by atoms with Gasteiger partial charge < -0.3 is 19.7 Å². The zero-order chi connectivity index (χ0) is 18.7. The third-order valence-electron chi connectivity index (χ3n) is 4.76. The van der Waals surface area contributed by atoms with Crippen LogP contribution in [0.1, 0.15) is 23.2 Å². The number of amidine groups is 1. The van der Waals surface area contributed by atoms with Crippen molar-refractivity contribution in [1.29, 1.82) is 0 Å². The van der Waals surface area contributed by atoms with Gasteiger partial charge in [0.15, 0.2) is 5.84 Å². The predicted molar refractivity (Wildman–Crippen MR) is 102 cm³/mol. The molecule has 0 saturated carbocycles. The minimum Gasteiger partial charge on any atom is -0.438 e. The SMILES string of the molecule is Cc1ccc(Oc2nc(C)ccc2/C(=N/O)N2CCC(N(C)C)C2)cc1. The molecule has 0 amide bonds. The molecular formula is C20H26N4O2. The lowest BCUT2D eigenvalue weighted by molar-refractivity contribution is 0.289. The van der Waals surface area contributed by atoms with Crippen molar-refractivity contribution in [2.45, 2.75) is 26.3 Å². The van der Waals surface area contributed by atoms with Gasteiger partial charge in [-0.1, -0.05) is 22.9 Å². The molecule has 0 radical (unpaired) electrons. The number of aryl methyl sites for hydroxylation is 2. The fraction of sp³-hybridized carbons (Fsp3) is 0.400. The third kappa shape index (κ3) is 3.96. The van der Waals surface area contributed by atoms with Gasteiger partial charge in [0.25, 0.3) is 0 Å². The number of rotatable bonds is 4. The Labute approximate surface area is 154 Å². The van der Waals surface area contributed by atoms with E-state index in [4.69, 9.17) is 4.74 Å². The van der Waals surface area contributed by atoms with E-state index in [1.807, 2.05) is 50.2 Å². The van der Waals surface area contributed by atoms with E-state index < -0.39 is 0 Å². The molecule has 1 N–H and O–H groups in total. The summed E-state index contributed by atoms with van der Waals surface area (Å²) in [7, 11) is 4.15. The van der Waals surface area contributed by atoms with E-state index in [0.717, 1.165) is 25.2 Å². The van der Waals surface area contributed by atoms with Gasteiger partial charge in [0.2, 0.25) is 5.88 Å². The van der Waals surface area contributed by atoms with Crippen LogP contribution in [0.15, 0.2) is 41.6 Å². The zero-order valence-electron chi connectivity index (χ0n) is 15.8. The average Bonchev–Trinajstić information content (AvgIpc) is 3.09. The molecule has 1 fully saturated rings. The van der Waals surface area contributed by atoms with Crippen LogP contribution < -0.4 is 4.74 Å². The van der Waals surface area contributed by atoms with Gasteiger partial charge in [-0.3, -0.25) is 0 Å². The Morgan fingerprint density at radius 1 is 1.19 bits per heavy atom. The van der Waals surface area contributed by atoms with Gasteiger partial charge in [-0.2, -0.15) is 0 Å². The summed E-state index contributed by atoms with van der Waals surface area (Å²) in [6, 6.07) is 12.1. The van der Waals surface area contributed by atoms with E-state index in [9.17, 15) is 5.21 Å². The molecule has 1 aliphatic rings. The molecule has 0 aliphatic carbocycles. The van der Waals surface area contributed by atoms with Crippen LogP contribution in [-0.4, -0.2) is 59.1 Å². The molecule has 3 rings (SSSR count). The highest BCUT2D eigenvalue weighted by atomic mass is 16.5. The molecule has 1 atom stereocenters. The number of likely N-dealkylation sites (N-methyl/N-ethyl adjacent to an activating group) is 1. The number of hydrogen-bond acceptors (Lipinski definition) is 5. The normalized spacial score (nSPS) is 17.8. The Morgan fingerprint density at radius 2 is 1.92 bits per heavy atom. The van der Waals surface area contributed by atoms with E-state index >= 15 is 0 Å². The Morgan fingerprint density at radius 3 is 2.54 bits per heavy atom. The molecule has 0 bridgehead atoms. The van der Waals surface area contributed by atoms with Crippen LogP contribution in [0.3, 0.4) is 0 Å². The fourth-order valence-electron chi connectivity index (χ4n) is 3.14. The number of pyridine rings is 1. The Balaban J connectivity index is 1.90. The number of aromatic nitrogens is 1. The first kappa shape index (κ1) is 18.2. The van der Waals surface area contributed by atoms with Crippen LogP contribution in [0.4, 0.5) is 0 Å². The molecular weight excluding hydrogens is 328 g/mol. The van der Waals surface area contributed by atoms with Gasteiger partial charge in [-0.25, -0.2) is 4.98 Å². The molecule has 6 nitrogen and oxygen atoms in total. The lowest BCUT2D eigenvalue weighted by Crippen LogP contribution is -2.35. The van der Waals surface area contributed by atoms with E-state index in [0.29, 0.717) is 29.1 Å². The minimum atomic E-state index is 0.437. The minimum absolute atomic E-state index is 0.437. The van der Waals surface area contributed by atoms with Crippen LogP contribution >= 0.6 is 0 Å². The predicted octanol–water partition coefficient (Wildman–Crippen LogP) is 3.26. The van der Waals surface area contributed by atoms with Crippen molar-refractivity contribution in [2.75, 3.05) is 27.2 Å². The Kier molecular flexibility index (Phi) is 5.42. The van der Waals surface area contributed by atoms with Crippen LogP contribution in [0.25, 0.3) is 0 Å². The molecule has 1 saturated heterocycles. The van der Waals surface area contributed by atoms with Crippen molar-refractivity contribution in [3.8, 4) is 11.6 Å². The summed E-state index contributed by atoms with van der Waals surface area (Å²) in [5, 5.41) is 13.3. The second-order valence-corrected chi connectivity index (χ2v) is 7.00. The standard InChI is InChI=1S/C20H26N4O2/c1-14-5-8-17(9-6-14)26-20-18(10-7-15(2)21-20)19(22-25)24-12-11-16(13-24)23(3)4/h5-10,16,25H,11-13H2,1-4H3/b22-19-. The van der Waals surface area contributed by atoms with Crippen molar-refractivity contribution in [3.63, 3.8) is 0 Å². The highest BCUT2D eigenvalue weighted by Crippen LogP contribution is 2.27. The van der Waals surface area contributed by atoms with Crippen LogP contribution in [0.5, 0.6) is 11.6 Å². The van der Waals surface area contributed by atoms with Crippen molar-refractivity contribution >= 4 is 5.84 Å². The van der Waals surface area contributed by atoms with E-state index in [2.05, 4.69) is 34.0 Å². The first-order chi connectivity index (χ1) is 12.5. The highest BCUT2D eigenvalue weighted by Gasteiger charge is 2.29. The quantitative estimate of drug-likeness (QED) is 0.395. The van der Waals surface area contributed by atoms with Gasteiger partial charge in [0.05, 0.1) is 5.56 Å². The van der Waals surface area contributed by atoms with Crippen LogP contribution in [0.2, 0.25) is 0 Å². The second-order valence-electron chi connectivity index (χ2n) is 7.00. The number of benzene rings is 1. The maximum atomic E-state index is 9.71. The van der Waals surface area contributed by atoms with Crippen molar-refractivity contribution in [3.05, 3.63) is 53.2 Å². The van der Waals surface area contributed by atoms with E-state index in [1.54, 1.807) is 0 Å². The second kappa shape index (κ2) is 7.74. The Hall–Kier alpha value is -2.60. The molecule has 0 spiro atoms. The fourth-order valence-corrected chi connectivity index (χ4v) is 3.14. The van der Waals surface area contributed by atoms with Crippen LogP contribution in [-0.2, 0) is 0 Å². The van der Waals surface area contributed by atoms with Gasteiger partial charge in [0, 0.05) is 24.8 Å². The molecule has 2 aromatic rings. The summed E-state index contributed by atoms with van der Waals surface area (Å²) in [6.45, 7) is 5.59. The highest BCUT2D eigenvalue weighted by molar-refractivity contribution is 6.00. The number of nitrogens with zero attached hydrogens (tertiary/aromatic N) is 4.